The van der Waals surface area contributed by atoms with E-state index < -0.39 is 11.9 Å². The normalized spacial score (nSPS) is 17.3. The van der Waals surface area contributed by atoms with Crippen LogP contribution in [0.25, 0.3) is 0 Å². The molecule has 156 valence electrons. The molecule has 2 aliphatic rings. The third kappa shape index (κ3) is 4.64. The van der Waals surface area contributed by atoms with Gasteiger partial charge < -0.3 is 9.80 Å². The van der Waals surface area contributed by atoms with Crippen molar-refractivity contribution < 1.29 is 18.0 Å². The topological polar surface area (TPSA) is 39.7 Å². The molecule has 4 rings (SSSR count). The molecule has 3 heterocycles. The molecule has 1 fully saturated rings. The van der Waals surface area contributed by atoms with Gasteiger partial charge in [0.25, 0.3) is 0 Å². The third-order valence-electron chi connectivity index (χ3n) is 5.29. The third-order valence-corrected chi connectivity index (χ3v) is 5.29. The molecule has 0 bridgehead atoms. The van der Waals surface area contributed by atoms with E-state index in [1.165, 1.54) is 6.07 Å². The number of aromatic nitrogens is 1. The molecule has 0 unspecified atom stereocenters. The van der Waals surface area contributed by atoms with Gasteiger partial charge in [0.2, 0.25) is 5.91 Å². The summed E-state index contributed by atoms with van der Waals surface area (Å²) >= 11 is 0. The number of fused-ring (bicyclic) bond motifs is 1. The highest BCUT2D eigenvalue weighted by molar-refractivity contribution is 6.01. The minimum atomic E-state index is -4.43. The first-order valence-electron chi connectivity index (χ1n) is 9.31. The number of pyridine rings is 1. The molecule has 29 heavy (non-hydrogen) atoms. The van der Waals surface area contributed by atoms with Crippen LogP contribution in [-0.2, 0) is 17.4 Å². The van der Waals surface area contributed by atoms with Gasteiger partial charge in [0.1, 0.15) is 11.5 Å². The van der Waals surface area contributed by atoms with E-state index in [0.717, 1.165) is 37.0 Å². The molecular formula is C20H22ClF3N4O. The van der Waals surface area contributed by atoms with Gasteiger partial charge in [-0.3, -0.25) is 9.69 Å². The fourth-order valence-corrected chi connectivity index (χ4v) is 3.76. The van der Waals surface area contributed by atoms with Crippen LogP contribution in [0.5, 0.6) is 0 Å². The van der Waals surface area contributed by atoms with Gasteiger partial charge in [0.15, 0.2) is 0 Å². The summed E-state index contributed by atoms with van der Waals surface area (Å²) < 4.78 is 38.6. The molecule has 1 aromatic heterocycles. The Hall–Kier alpha value is -2.32. The summed E-state index contributed by atoms with van der Waals surface area (Å²) in [6, 6.07) is 11.8. The largest absolute Gasteiger partial charge is 0.433 e. The van der Waals surface area contributed by atoms with Crippen LogP contribution >= 0.6 is 12.4 Å². The smallest absolute Gasteiger partial charge is 0.354 e. The van der Waals surface area contributed by atoms with Crippen LogP contribution in [0.1, 0.15) is 11.3 Å². The second-order valence-corrected chi connectivity index (χ2v) is 7.06. The zero-order valence-corrected chi connectivity index (χ0v) is 16.5. The van der Waals surface area contributed by atoms with Gasteiger partial charge in [-0.05, 0) is 23.8 Å². The van der Waals surface area contributed by atoms with Crippen molar-refractivity contribution in [3.63, 3.8) is 0 Å². The highest BCUT2D eigenvalue weighted by Gasteiger charge is 2.33. The van der Waals surface area contributed by atoms with Crippen LogP contribution in [0.4, 0.5) is 24.7 Å². The molecule has 0 N–H and O–H groups in total. The number of alkyl halides is 3. The number of anilines is 2. The standard InChI is InChI=1S/C20H21F3N4O.ClH/c21-20(22,23)17-6-3-7-18(24-17)26-11-8-25(9-12-26)10-13-27-16-5-2-1-4-15(16)14-19(27)28;/h1-7H,8-14H2;1H. The zero-order valence-electron chi connectivity index (χ0n) is 15.7. The summed E-state index contributed by atoms with van der Waals surface area (Å²) in [5.74, 6) is 0.478. The van der Waals surface area contributed by atoms with Gasteiger partial charge in [-0.1, -0.05) is 24.3 Å². The average molecular weight is 427 g/mol. The lowest BCUT2D eigenvalue weighted by Crippen LogP contribution is -2.49. The summed E-state index contributed by atoms with van der Waals surface area (Å²) in [5, 5.41) is 0. The number of carbonyl (C=O) groups excluding carboxylic acids is 1. The van der Waals surface area contributed by atoms with Gasteiger partial charge >= 0.3 is 6.18 Å². The van der Waals surface area contributed by atoms with Crippen LogP contribution in [0.2, 0.25) is 0 Å². The minimum Gasteiger partial charge on any atom is -0.354 e. The number of amides is 1. The van der Waals surface area contributed by atoms with E-state index >= 15 is 0 Å². The number of nitrogens with zero attached hydrogens (tertiary/aromatic N) is 4. The van der Waals surface area contributed by atoms with Gasteiger partial charge in [-0.25, -0.2) is 4.98 Å². The molecule has 2 aromatic rings. The molecule has 0 atom stereocenters. The van der Waals surface area contributed by atoms with Crippen molar-refractivity contribution in [2.24, 2.45) is 0 Å². The second-order valence-electron chi connectivity index (χ2n) is 7.06. The van der Waals surface area contributed by atoms with Crippen LogP contribution in [0.3, 0.4) is 0 Å². The first-order valence-corrected chi connectivity index (χ1v) is 9.31. The van der Waals surface area contributed by atoms with Crippen molar-refractivity contribution in [2.45, 2.75) is 12.6 Å². The number of piperazine rings is 1. The highest BCUT2D eigenvalue weighted by Crippen LogP contribution is 2.30. The van der Waals surface area contributed by atoms with E-state index in [1.54, 1.807) is 6.07 Å². The van der Waals surface area contributed by atoms with E-state index in [4.69, 9.17) is 0 Å². The van der Waals surface area contributed by atoms with Gasteiger partial charge in [0.05, 0.1) is 6.42 Å². The van der Waals surface area contributed by atoms with Crippen molar-refractivity contribution in [3.05, 3.63) is 53.7 Å². The van der Waals surface area contributed by atoms with Crippen molar-refractivity contribution in [1.82, 2.24) is 9.88 Å². The Balaban J connectivity index is 0.00000240. The van der Waals surface area contributed by atoms with Crippen LogP contribution in [0, 0.1) is 0 Å². The second kappa shape index (κ2) is 8.59. The molecule has 1 saturated heterocycles. The summed E-state index contributed by atoms with van der Waals surface area (Å²) in [5.41, 5.74) is 1.19. The maximum atomic E-state index is 12.9. The molecule has 5 nitrogen and oxygen atoms in total. The van der Waals surface area contributed by atoms with Crippen molar-refractivity contribution in [2.75, 3.05) is 49.1 Å². The van der Waals surface area contributed by atoms with Crippen molar-refractivity contribution in [1.29, 1.82) is 0 Å². The van der Waals surface area contributed by atoms with Crippen molar-refractivity contribution >= 4 is 29.8 Å². The molecule has 0 spiro atoms. The van der Waals surface area contributed by atoms with Gasteiger partial charge in [-0.15, -0.1) is 12.4 Å². The molecule has 1 amide bonds. The summed E-state index contributed by atoms with van der Waals surface area (Å²) in [6.45, 7) is 4.03. The molecule has 2 aliphatic heterocycles. The van der Waals surface area contributed by atoms with E-state index in [9.17, 15) is 18.0 Å². The Labute approximate surface area is 173 Å². The Bertz CT molecular complexity index is 869. The molecule has 1 aromatic carbocycles. The number of para-hydroxylation sites is 1. The fourth-order valence-electron chi connectivity index (χ4n) is 3.76. The monoisotopic (exact) mass is 426 g/mol. The average Bonchev–Trinajstić information content (AvgIpc) is 3.01. The maximum absolute atomic E-state index is 12.9. The number of hydrogen-bond donors (Lipinski definition) is 0. The van der Waals surface area contributed by atoms with Crippen LogP contribution < -0.4 is 9.80 Å². The fraction of sp³-hybridized carbons (Fsp3) is 0.400. The maximum Gasteiger partial charge on any atom is 0.433 e. The number of hydrogen-bond acceptors (Lipinski definition) is 4. The number of benzene rings is 1. The SMILES string of the molecule is Cl.O=C1Cc2ccccc2N1CCN1CCN(c2cccc(C(F)(F)F)n2)CC1. The number of carbonyl (C=O) groups is 1. The quantitative estimate of drug-likeness (QED) is 0.752. The van der Waals surface area contributed by atoms with Crippen LogP contribution in [0.15, 0.2) is 42.5 Å². The predicted octanol–water partition coefficient (Wildman–Crippen LogP) is 3.23. The Morgan fingerprint density at radius 2 is 1.66 bits per heavy atom. The zero-order chi connectivity index (χ0) is 19.7. The van der Waals surface area contributed by atoms with E-state index in [1.807, 2.05) is 34.1 Å². The first-order chi connectivity index (χ1) is 13.4. The van der Waals surface area contributed by atoms with Gasteiger partial charge in [-0.2, -0.15) is 13.2 Å². The molecule has 0 aliphatic carbocycles. The minimum absolute atomic E-state index is 0. The number of halogens is 4. The lowest BCUT2D eigenvalue weighted by Gasteiger charge is -2.36. The lowest BCUT2D eigenvalue weighted by molar-refractivity contribution is -0.141. The Morgan fingerprint density at radius 3 is 2.38 bits per heavy atom. The summed E-state index contributed by atoms with van der Waals surface area (Å²) in [4.78, 5) is 22.0. The van der Waals surface area contributed by atoms with Crippen LogP contribution in [-0.4, -0.2) is 55.1 Å². The summed E-state index contributed by atoms with van der Waals surface area (Å²) in [7, 11) is 0. The summed E-state index contributed by atoms with van der Waals surface area (Å²) in [6.07, 6.45) is -3.98. The van der Waals surface area contributed by atoms with E-state index in [2.05, 4.69) is 9.88 Å². The van der Waals surface area contributed by atoms with E-state index in [-0.39, 0.29) is 18.3 Å². The van der Waals surface area contributed by atoms with E-state index in [0.29, 0.717) is 31.9 Å². The first kappa shape index (κ1) is 21.4. The molecule has 0 radical (unpaired) electrons. The van der Waals surface area contributed by atoms with Gasteiger partial charge in [0, 0.05) is 45.0 Å². The van der Waals surface area contributed by atoms with Crippen molar-refractivity contribution in [3.8, 4) is 0 Å². The lowest BCUT2D eigenvalue weighted by atomic mass is 10.2. The Morgan fingerprint density at radius 1 is 0.931 bits per heavy atom. The molecule has 0 saturated carbocycles. The number of rotatable bonds is 4. The molecular weight excluding hydrogens is 405 g/mol. The highest BCUT2D eigenvalue weighted by atomic mass is 35.5. The molecule has 9 heteroatoms. The predicted molar refractivity (Wildman–Crippen MR) is 108 cm³/mol. The Kier molecular flexibility index (Phi) is 6.33.